The van der Waals surface area contributed by atoms with Gasteiger partial charge >= 0.3 is 0 Å². The van der Waals surface area contributed by atoms with Crippen molar-refractivity contribution in [3.05, 3.63) is 34.4 Å². The maximum absolute atomic E-state index is 10.6. The molecule has 18 heavy (non-hydrogen) atoms. The van der Waals surface area contributed by atoms with Crippen molar-refractivity contribution >= 4 is 11.4 Å². The molecule has 1 saturated heterocycles. The number of hydrogen-bond donors (Lipinski definition) is 1. The standard InChI is InChI=1S/C13H19N3O2/c1-10(2)15-8-7-12(9-15)14-11-3-5-13(6-4-11)16(17)18/h3-6,10,12,14H,7-9H2,1-2H3. The number of nitro groups is 1. The fourth-order valence-corrected chi connectivity index (χ4v) is 2.29. The molecule has 0 radical (unpaired) electrons. The van der Waals surface area contributed by atoms with E-state index in [2.05, 4.69) is 24.1 Å². The van der Waals surface area contributed by atoms with Gasteiger partial charge in [0.2, 0.25) is 0 Å². The highest BCUT2D eigenvalue weighted by molar-refractivity contribution is 5.49. The molecule has 2 rings (SSSR count). The average Bonchev–Trinajstić information content (AvgIpc) is 2.78. The fraction of sp³-hybridized carbons (Fsp3) is 0.538. The van der Waals surface area contributed by atoms with E-state index >= 15 is 0 Å². The highest BCUT2D eigenvalue weighted by Crippen LogP contribution is 2.20. The summed E-state index contributed by atoms with van der Waals surface area (Å²) in [6.07, 6.45) is 1.12. The van der Waals surface area contributed by atoms with Crippen molar-refractivity contribution in [2.75, 3.05) is 18.4 Å². The lowest BCUT2D eigenvalue weighted by molar-refractivity contribution is -0.384. The van der Waals surface area contributed by atoms with Crippen molar-refractivity contribution in [3.8, 4) is 0 Å². The van der Waals surface area contributed by atoms with Gasteiger partial charge in [-0.2, -0.15) is 0 Å². The Bertz CT molecular complexity index is 417. The summed E-state index contributed by atoms with van der Waals surface area (Å²) in [6, 6.07) is 7.64. The Morgan fingerprint density at radius 1 is 1.39 bits per heavy atom. The number of nitro benzene ring substituents is 1. The van der Waals surface area contributed by atoms with Crippen LogP contribution in [-0.4, -0.2) is 35.0 Å². The summed E-state index contributed by atoms with van der Waals surface area (Å²) in [6.45, 7) is 6.56. The van der Waals surface area contributed by atoms with Gasteiger partial charge in [-0.25, -0.2) is 0 Å². The average molecular weight is 249 g/mol. The highest BCUT2D eigenvalue weighted by atomic mass is 16.6. The van der Waals surface area contributed by atoms with Crippen molar-refractivity contribution in [1.82, 2.24) is 4.90 Å². The Hall–Kier alpha value is -1.62. The van der Waals surface area contributed by atoms with E-state index < -0.39 is 0 Å². The predicted octanol–water partition coefficient (Wildman–Crippen LogP) is 2.49. The Labute approximate surface area is 107 Å². The maximum Gasteiger partial charge on any atom is 0.269 e. The van der Waals surface area contributed by atoms with E-state index in [1.165, 1.54) is 12.1 Å². The minimum absolute atomic E-state index is 0.135. The monoisotopic (exact) mass is 249 g/mol. The molecule has 1 unspecified atom stereocenters. The fourth-order valence-electron chi connectivity index (χ4n) is 2.29. The van der Waals surface area contributed by atoms with E-state index in [1.807, 2.05) is 0 Å². The van der Waals surface area contributed by atoms with Gasteiger partial charge in [0, 0.05) is 43.0 Å². The number of hydrogen-bond acceptors (Lipinski definition) is 4. The third-order valence-corrected chi connectivity index (χ3v) is 3.40. The van der Waals surface area contributed by atoms with E-state index in [0.717, 1.165) is 25.2 Å². The smallest absolute Gasteiger partial charge is 0.269 e. The van der Waals surface area contributed by atoms with E-state index in [4.69, 9.17) is 0 Å². The third kappa shape index (κ3) is 2.98. The van der Waals surface area contributed by atoms with Crippen LogP contribution in [0, 0.1) is 10.1 Å². The number of nitrogens with zero attached hydrogens (tertiary/aromatic N) is 2. The molecule has 98 valence electrons. The van der Waals surface area contributed by atoms with Gasteiger partial charge < -0.3 is 5.32 Å². The number of benzene rings is 1. The minimum Gasteiger partial charge on any atom is -0.381 e. The molecular weight excluding hydrogens is 230 g/mol. The second kappa shape index (κ2) is 5.35. The van der Waals surface area contributed by atoms with Crippen LogP contribution in [0.3, 0.4) is 0 Å². The second-order valence-corrected chi connectivity index (χ2v) is 5.02. The number of non-ortho nitro benzene ring substituents is 1. The zero-order valence-electron chi connectivity index (χ0n) is 10.8. The highest BCUT2D eigenvalue weighted by Gasteiger charge is 2.23. The lowest BCUT2D eigenvalue weighted by atomic mass is 10.2. The van der Waals surface area contributed by atoms with Gasteiger partial charge in [0.25, 0.3) is 5.69 Å². The Balaban J connectivity index is 1.92. The molecule has 0 amide bonds. The predicted molar refractivity (Wildman–Crippen MR) is 71.8 cm³/mol. The lowest BCUT2D eigenvalue weighted by Gasteiger charge is -2.20. The van der Waals surface area contributed by atoms with Gasteiger partial charge in [0.1, 0.15) is 0 Å². The van der Waals surface area contributed by atoms with Crippen LogP contribution in [0.2, 0.25) is 0 Å². The Morgan fingerprint density at radius 2 is 2.06 bits per heavy atom. The summed E-state index contributed by atoms with van der Waals surface area (Å²) >= 11 is 0. The first-order valence-corrected chi connectivity index (χ1v) is 6.31. The number of rotatable bonds is 4. The summed E-state index contributed by atoms with van der Waals surface area (Å²) in [7, 11) is 0. The first-order valence-electron chi connectivity index (χ1n) is 6.31. The molecule has 1 aromatic rings. The molecule has 0 saturated carbocycles. The molecule has 1 N–H and O–H groups in total. The molecule has 1 fully saturated rings. The van der Waals surface area contributed by atoms with Crippen LogP contribution in [0.15, 0.2) is 24.3 Å². The maximum atomic E-state index is 10.6. The van der Waals surface area contributed by atoms with Crippen LogP contribution in [0.1, 0.15) is 20.3 Å². The molecule has 5 heteroatoms. The van der Waals surface area contributed by atoms with E-state index in [9.17, 15) is 10.1 Å². The quantitative estimate of drug-likeness (QED) is 0.658. The largest absolute Gasteiger partial charge is 0.381 e. The Kier molecular flexibility index (Phi) is 3.81. The number of likely N-dealkylation sites (tertiary alicyclic amines) is 1. The first-order chi connectivity index (χ1) is 8.56. The summed E-state index contributed by atoms with van der Waals surface area (Å²) < 4.78 is 0. The van der Waals surface area contributed by atoms with Gasteiger partial charge in [0.15, 0.2) is 0 Å². The van der Waals surface area contributed by atoms with Crippen LogP contribution in [0.4, 0.5) is 11.4 Å². The summed E-state index contributed by atoms with van der Waals surface area (Å²) in [4.78, 5) is 12.6. The van der Waals surface area contributed by atoms with Crippen molar-refractivity contribution in [3.63, 3.8) is 0 Å². The van der Waals surface area contributed by atoms with Crippen LogP contribution in [0.25, 0.3) is 0 Å². The normalized spacial score (nSPS) is 20.3. The molecule has 5 nitrogen and oxygen atoms in total. The molecule has 1 aliphatic rings. The van der Waals surface area contributed by atoms with Crippen molar-refractivity contribution in [2.24, 2.45) is 0 Å². The number of nitrogens with one attached hydrogen (secondary N) is 1. The van der Waals surface area contributed by atoms with Crippen molar-refractivity contribution in [1.29, 1.82) is 0 Å². The molecule has 0 aliphatic carbocycles. The van der Waals surface area contributed by atoms with Crippen LogP contribution < -0.4 is 5.32 Å². The van der Waals surface area contributed by atoms with Crippen LogP contribution in [-0.2, 0) is 0 Å². The summed E-state index contributed by atoms with van der Waals surface area (Å²) in [5.74, 6) is 0. The zero-order chi connectivity index (χ0) is 13.1. The summed E-state index contributed by atoms with van der Waals surface area (Å²) in [5.41, 5.74) is 1.09. The van der Waals surface area contributed by atoms with Crippen molar-refractivity contribution < 1.29 is 4.92 Å². The molecule has 1 aromatic carbocycles. The topological polar surface area (TPSA) is 58.4 Å². The molecule has 0 spiro atoms. The van der Waals surface area contributed by atoms with Gasteiger partial charge in [-0.05, 0) is 32.4 Å². The molecular formula is C13H19N3O2. The molecule has 1 aliphatic heterocycles. The van der Waals surface area contributed by atoms with E-state index in [0.29, 0.717) is 12.1 Å². The van der Waals surface area contributed by atoms with Crippen molar-refractivity contribution in [2.45, 2.75) is 32.4 Å². The van der Waals surface area contributed by atoms with E-state index in [1.54, 1.807) is 12.1 Å². The number of anilines is 1. The lowest BCUT2D eigenvalue weighted by Crippen LogP contribution is -2.31. The van der Waals surface area contributed by atoms with Gasteiger partial charge in [0.05, 0.1) is 4.92 Å². The molecule has 1 atom stereocenters. The second-order valence-electron chi connectivity index (χ2n) is 5.02. The molecule has 1 heterocycles. The van der Waals surface area contributed by atoms with Gasteiger partial charge in [-0.1, -0.05) is 0 Å². The van der Waals surface area contributed by atoms with Gasteiger partial charge in [-0.3, -0.25) is 15.0 Å². The van der Waals surface area contributed by atoms with Gasteiger partial charge in [-0.15, -0.1) is 0 Å². The van der Waals surface area contributed by atoms with E-state index in [-0.39, 0.29) is 10.6 Å². The van der Waals surface area contributed by atoms with Crippen LogP contribution in [0.5, 0.6) is 0 Å². The SMILES string of the molecule is CC(C)N1CCC(Nc2ccc([N+](=O)[O-])cc2)C1. The Morgan fingerprint density at radius 3 is 2.56 bits per heavy atom. The molecule has 0 bridgehead atoms. The summed E-state index contributed by atoms with van der Waals surface area (Å²) in [5, 5.41) is 14.0. The van der Waals surface area contributed by atoms with Crippen LogP contribution >= 0.6 is 0 Å². The minimum atomic E-state index is -0.375. The first kappa shape index (κ1) is 12.8. The zero-order valence-corrected chi connectivity index (χ0v) is 10.8. The third-order valence-electron chi connectivity index (χ3n) is 3.40. The molecule has 0 aromatic heterocycles.